The lowest BCUT2D eigenvalue weighted by molar-refractivity contribution is -0.122. The van der Waals surface area contributed by atoms with Crippen molar-refractivity contribution in [2.45, 2.75) is 29.6 Å². The number of halogens is 1. The molecule has 1 aromatic carbocycles. The number of aliphatic hydroxyl groups excluding tert-OH is 1. The number of likely N-dealkylation sites (N-methyl/N-ethyl adjacent to an activating group) is 1. The number of aromatic nitrogens is 1. The lowest BCUT2D eigenvalue weighted by Gasteiger charge is -2.39. The smallest absolute Gasteiger partial charge is 0.309 e. The zero-order valence-corrected chi connectivity index (χ0v) is 23.1. The molecule has 1 fully saturated rings. The maximum absolute atomic E-state index is 13.8. The number of nitrogens with zero attached hydrogens (tertiary/aromatic N) is 4. The molecule has 0 spiro atoms. The highest BCUT2D eigenvalue weighted by Crippen LogP contribution is 2.34. The predicted octanol–water partition coefficient (Wildman–Crippen LogP) is 1.54. The third kappa shape index (κ3) is 5.44. The van der Waals surface area contributed by atoms with E-state index in [-0.39, 0.29) is 49.3 Å². The number of rotatable bonds is 7. The van der Waals surface area contributed by atoms with Gasteiger partial charge in [0.2, 0.25) is 5.91 Å². The van der Waals surface area contributed by atoms with Crippen LogP contribution in [-0.4, -0.2) is 96.8 Å². The van der Waals surface area contributed by atoms with E-state index >= 15 is 0 Å². The van der Waals surface area contributed by atoms with Crippen LogP contribution in [0.15, 0.2) is 32.9 Å². The van der Waals surface area contributed by atoms with Crippen molar-refractivity contribution in [2.75, 3.05) is 46.4 Å². The molecule has 2 amide bonds. The maximum Gasteiger partial charge on any atom is 0.309 e. The average Bonchev–Trinajstić information content (AvgIpc) is 3.51. The first kappa shape index (κ1) is 27.0. The molecule has 1 unspecified atom stereocenters. The molecule has 0 radical (unpaired) electrons. The van der Waals surface area contributed by atoms with Gasteiger partial charge in [0.1, 0.15) is 9.97 Å². The van der Waals surface area contributed by atoms with Crippen LogP contribution >= 0.6 is 22.9 Å². The SMILES string of the molecule is CN1CCc2nc(C(=O)N3CCN(S(=O)(=O)c4cc5ccc(Cl)cc5s4)C(CC(=O)NCCO)C3)oc2C1. The number of nitrogens with one attached hydrogen (secondary N) is 1. The molecule has 2 aromatic heterocycles. The molecule has 14 heteroatoms. The Hall–Kier alpha value is -2.55. The van der Waals surface area contributed by atoms with Gasteiger partial charge in [-0.1, -0.05) is 17.7 Å². The van der Waals surface area contributed by atoms with Gasteiger partial charge >= 0.3 is 5.91 Å². The fourth-order valence-electron chi connectivity index (χ4n) is 4.76. The number of amides is 2. The van der Waals surface area contributed by atoms with Crippen molar-refractivity contribution in [3.8, 4) is 0 Å². The van der Waals surface area contributed by atoms with Crippen LogP contribution in [0.25, 0.3) is 10.1 Å². The van der Waals surface area contributed by atoms with E-state index in [1.807, 2.05) is 7.05 Å². The lowest BCUT2D eigenvalue weighted by Crippen LogP contribution is -2.57. The zero-order valence-electron chi connectivity index (χ0n) is 20.7. The van der Waals surface area contributed by atoms with Crippen molar-refractivity contribution in [1.82, 2.24) is 24.4 Å². The Labute approximate surface area is 229 Å². The van der Waals surface area contributed by atoms with Crippen molar-refractivity contribution in [2.24, 2.45) is 0 Å². The summed E-state index contributed by atoms with van der Waals surface area (Å²) in [7, 11) is -2.01. The number of hydrogen-bond donors (Lipinski definition) is 2. The number of hydrogen-bond acceptors (Lipinski definition) is 9. The van der Waals surface area contributed by atoms with Crippen molar-refractivity contribution >= 4 is 54.9 Å². The van der Waals surface area contributed by atoms with Crippen molar-refractivity contribution in [3.63, 3.8) is 0 Å². The summed E-state index contributed by atoms with van der Waals surface area (Å²) in [5, 5.41) is 12.9. The summed E-state index contributed by atoms with van der Waals surface area (Å²) in [4.78, 5) is 33.9. The van der Waals surface area contributed by atoms with Gasteiger partial charge < -0.3 is 19.7 Å². The van der Waals surface area contributed by atoms with Crippen LogP contribution in [0.4, 0.5) is 0 Å². The van der Waals surface area contributed by atoms with Gasteiger partial charge in [-0.3, -0.25) is 14.5 Å². The first-order valence-corrected chi connectivity index (χ1v) is 14.8. The molecule has 38 heavy (non-hydrogen) atoms. The van der Waals surface area contributed by atoms with Crippen LogP contribution in [-0.2, 0) is 27.8 Å². The number of carbonyl (C=O) groups excluding carboxylic acids is 2. The van der Waals surface area contributed by atoms with E-state index in [0.29, 0.717) is 23.7 Å². The van der Waals surface area contributed by atoms with Gasteiger partial charge in [-0.05, 0) is 30.6 Å². The average molecular weight is 582 g/mol. The largest absolute Gasteiger partial charge is 0.436 e. The van der Waals surface area contributed by atoms with Crippen LogP contribution < -0.4 is 5.32 Å². The van der Waals surface area contributed by atoms with Crippen molar-refractivity contribution in [3.05, 3.63) is 46.6 Å². The van der Waals surface area contributed by atoms with Gasteiger partial charge in [0.15, 0.2) is 0 Å². The molecule has 3 aromatic rings. The maximum atomic E-state index is 13.8. The fourth-order valence-corrected chi connectivity index (χ4v) is 8.17. The normalized spacial score (nSPS) is 19.0. The van der Waals surface area contributed by atoms with Gasteiger partial charge in [-0.25, -0.2) is 13.4 Å². The molecule has 11 nitrogen and oxygen atoms in total. The Morgan fingerprint density at radius 3 is 2.87 bits per heavy atom. The van der Waals surface area contributed by atoms with E-state index in [4.69, 9.17) is 21.1 Å². The molecule has 2 aliphatic heterocycles. The third-order valence-corrected chi connectivity index (χ3v) is 10.4. The van der Waals surface area contributed by atoms with Crippen LogP contribution in [0.3, 0.4) is 0 Å². The van der Waals surface area contributed by atoms with E-state index < -0.39 is 27.9 Å². The minimum Gasteiger partial charge on any atom is -0.436 e. The number of thiophene rings is 1. The highest BCUT2D eigenvalue weighted by molar-refractivity contribution is 7.91. The highest BCUT2D eigenvalue weighted by Gasteiger charge is 2.40. The summed E-state index contributed by atoms with van der Waals surface area (Å²) in [6, 6.07) is 5.95. The lowest BCUT2D eigenvalue weighted by atomic mass is 10.1. The standard InChI is InChI=1S/C24H28ClN5O6S2/c1-28-6-4-18-19(14-28)36-23(27-18)24(33)29-7-8-30(17(13-29)12-21(32)26-5-9-31)38(34,35)22-10-15-2-3-16(25)11-20(15)37-22/h2-3,10-11,17,31H,4-9,12-14H2,1H3,(H,26,32). The van der Waals surface area contributed by atoms with Crippen LogP contribution in [0.5, 0.6) is 0 Å². The molecular weight excluding hydrogens is 554 g/mol. The molecule has 1 atom stereocenters. The summed E-state index contributed by atoms with van der Waals surface area (Å²) < 4.78 is 35.4. The molecule has 5 rings (SSSR count). The predicted molar refractivity (Wildman–Crippen MR) is 142 cm³/mol. The second-order valence-electron chi connectivity index (χ2n) is 9.42. The molecule has 0 bridgehead atoms. The highest BCUT2D eigenvalue weighted by atomic mass is 35.5. The molecule has 2 N–H and O–H groups in total. The van der Waals surface area contributed by atoms with Crippen molar-refractivity contribution < 1.29 is 27.5 Å². The van der Waals surface area contributed by atoms with Gasteiger partial charge in [0.25, 0.3) is 15.9 Å². The van der Waals surface area contributed by atoms with Gasteiger partial charge in [-0.15, -0.1) is 11.3 Å². The number of benzene rings is 1. The summed E-state index contributed by atoms with van der Waals surface area (Å²) in [5.74, 6) is -0.216. The molecule has 1 saturated heterocycles. The quantitative estimate of drug-likeness (QED) is 0.429. The topological polar surface area (TPSA) is 136 Å². The van der Waals surface area contributed by atoms with Crippen molar-refractivity contribution in [1.29, 1.82) is 0 Å². The first-order chi connectivity index (χ1) is 18.2. The minimum atomic E-state index is -3.98. The van der Waals surface area contributed by atoms with E-state index in [0.717, 1.165) is 33.7 Å². The number of piperazine rings is 1. The Bertz CT molecular complexity index is 1470. The van der Waals surface area contributed by atoms with E-state index in [9.17, 15) is 18.0 Å². The second-order valence-corrected chi connectivity index (χ2v) is 13.1. The van der Waals surface area contributed by atoms with Gasteiger partial charge in [0.05, 0.1) is 24.9 Å². The Morgan fingerprint density at radius 2 is 2.08 bits per heavy atom. The van der Waals surface area contributed by atoms with Gasteiger partial charge in [0, 0.05) is 55.3 Å². The van der Waals surface area contributed by atoms with E-state index in [1.54, 1.807) is 24.3 Å². The second kappa shape index (κ2) is 10.9. The summed E-state index contributed by atoms with van der Waals surface area (Å²) in [6.45, 7) is 1.31. The Morgan fingerprint density at radius 1 is 1.26 bits per heavy atom. The van der Waals surface area contributed by atoms with Crippen LogP contribution in [0.2, 0.25) is 5.02 Å². The molecule has 0 saturated carbocycles. The van der Waals surface area contributed by atoms with E-state index in [1.165, 1.54) is 9.21 Å². The number of sulfonamides is 1. The molecule has 204 valence electrons. The first-order valence-electron chi connectivity index (χ1n) is 12.2. The van der Waals surface area contributed by atoms with Gasteiger partial charge in [-0.2, -0.15) is 4.31 Å². The number of carbonyl (C=O) groups is 2. The minimum absolute atomic E-state index is 0.00415. The van der Waals surface area contributed by atoms with E-state index in [2.05, 4.69) is 15.2 Å². The summed E-state index contributed by atoms with van der Waals surface area (Å²) in [5.41, 5.74) is 0.762. The molecular formula is C24H28ClN5O6S2. The van der Waals surface area contributed by atoms with Crippen LogP contribution in [0, 0.1) is 0 Å². The fraction of sp³-hybridized carbons (Fsp3) is 0.458. The molecule has 2 aliphatic rings. The third-order valence-electron chi connectivity index (χ3n) is 6.70. The summed E-state index contributed by atoms with van der Waals surface area (Å²) in [6.07, 6.45) is 0.509. The number of fused-ring (bicyclic) bond motifs is 2. The van der Waals surface area contributed by atoms with Crippen LogP contribution in [0.1, 0.15) is 28.6 Å². The summed E-state index contributed by atoms with van der Waals surface area (Å²) >= 11 is 7.19. The molecule has 4 heterocycles. The number of aliphatic hydroxyl groups is 1. The Kier molecular flexibility index (Phi) is 7.76. The number of oxazole rings is 1. The Balaban J connectivity index is 1.40. The molecule has 0 aliphatic carbocycles. The zero-order chi connectivity index (χ0) is 27.0. The monoisotopic (exact) mass is 581 g/mol.